The van der Waals surface area contributed by atoms with Crippen molar-refractivity contribution < 1.29 is 58.2 Å². The Bertz CT molecular complexity index is 1530. The van der Waals surface area contributed by atoms with E-state index in [0.717, 1.165) is 5.57 Å². The lowest BCUT2D eigenvalue weighted by Gasteiger charge is -2.47. The third kappa shape index (κ3) is 14.2. The van der Waals surface area contributed by atoms with Crippen molar-refractivity contribution in [2.45, 2.75) is 181 Å². The second-order valence-corrected chi connectivity index (χ2v) is 17.8. The van der Waals surface area contributed by atoms with Crippen LogP contribution in [-0.4, -0.2) is 132 Å². The number of Topliss-reactive ketones (excluding diaryl/α,β-unsaturated/α-hetero) is 1. The predicted octanol–water partition coefficient (Wildman–Crippen LogP) is 5.05. The van der Waals surface area contributed by atoms with Crippen molar-refractivity contribution in [3.8, 4) is 0 Å². The number of rotatable bonds is 6. The fraction of sp³-hybridized carbons (Fsp3) is 0.804. The van der Waals surface area contributed by atoms with Gasteiger partial charge in [-0.15, -0.1) is 0 Å². The Balaban J connectivity index is 0.00000245. The van der Waals surface area contributed by atoms with Gasteiger partial charge in [0.15, 0.2) is 0 Å². The van der Waals surface area contributed by atoms with E-state index in [0.29, 0.717) is 62.7 Å². The molecule has 3 aliphatic heterocycles. The van der Waals surface area contributed by atoms with Gasteiger partial charge in [0, 0.05) is 64.7 Å². The van der Waals surface area contributed by atoms with Crippen LogP contribution in [0.15, 0.2) is 23.3 Å². The van der Waals surface area contributed by atoms with E-state index >= 15 is 0 Å². The van der Waals surface area contributed by atoms with E-state index in [9.17, 15) is 34.5 Å². The third-order valence-corrected chi connectivity index (χ3v) is 12.9. The molecule has 0 aromatic carbocycles. The number of methoxy groups -OCH3 is 3. The molecule has 2 saturated heterocycles. The number of hydrogen-bond acceptors (Lipinski definition) is 13. The number of carbonyl (C=O) groups excluding carboxylic acids is 4. The maximum atomic E-state index is 14.3. The van der Waals surface area contributed by atoms with E-state index in [-0.39, 0.29) is 63.0 Å². The Hall–Kier alpha value is -3.05. The topological polar surface area (TPSA) is 228 Å². The molecule has 0 aromatic rings. The average molecular weight is 866 g/mol. The number of aliphatic hydroxyl groups excluding tert-OH is 2. The van der Waals surface area contributed by atoms with Crippen molar-refractivity contribution in [2.75, 3.05) is 27.9 Å². The molecule has 1 aliphatic carbocycles. The zero-order chi connectivity index (χ0) is 45.1. The van der Waals surface area contributed by atoms with E-state index in [1.807, 2.05) is 26.8 Å². The number of hydrogen-bond donors (Lipinski definition) is 5. The second kappa shape index (κ2) is 24.7. The number of ketones is 1. The number of nitrogens with one attached hydrogen (secondary N) is 1. The lowest BCUT2D eigenvalue weighted by molar-refractivity contribution is -0.302. The zero-order valence-corrected chi connectivity index (χ0v) is 37.7. The molecule has 2 amide bonds. The molecule has 15 heteroatoms. The number of esters is 1. The molecule has 0 spiro atoms. The summed E-state index contributed by atoms with van der Waals surface area (Å²) in [7, 11) is 4.67. The molecule has 1 saturated carbocycles. The van der Waals surface area contributed by atoms with Gasteiger partial charge in [-0.2, -0.15) is 0 Å². The van der Waals surface area contributed by atoms with Gasteiger partial charge in [0.25, 0.3) is 11.7 Å². The highest BCUT2D eigenvalue weighted by atomic mass is 16.7. The first kappa shape index (κ1) is 54.1. The van der Waals surface area contributed by atoms with Crippen LogP contribution in [0.2, 0.25) is 0 Å². The normalized spacial score (nSPS) is 38.6. The monoisotopic (exact) mass is 866 g/mol. The summed E-state index contributed by atoms with van der Waals surface area (Å²) < 4.78 is 29.8. The minimum absolute atomic E-state index is 0. The molecule has 4 aliphatic rings. The van der Waals surface area contributed by atoms with Crippen molar-refractivity contribution in [3.63, 3.8) is 0 Å². The molecular formula is C46H79N3O12. The molecule has 0 unspecified atom stereocenters. The van der Waals surface area contributed by atoms with Crippen molar-refractivity contribution in [2.24, 2.45) is 35.3 Å². The van der Waals surface area contributed by atoms with E-state index in [4.69, 9.17) is 29.1 Å². The predicted molar refractivity (Wildman–Crippen MR) is 232 cm³/mol. The number of allylic oxidation sites excluding steroid dienone is 3. The Morgan fingerprint density at radius 1 is 0.951 bits per heavy atom. The summed E-state index contributed by atoms with van der Waals surface area (Å²) in [6.45, 7) is 12.8. The summed E-state index contributed by atoms with van der Waals surface area (Å²) in [6.07, 6.45) is 4.70. The largest absolute Gasteiger partial charge is 0.456 e. The molecule has 14 atom stereocenters. The van der Waals surface area contributed by atoms with Gasteiger partial charge in [-0.05, 0) is 95.5 Å². The van der Waals surface area contributed by atoms with Crippen molar-refractivity contribution >= 4 is 29.3 Å². The van der Waals surface area contributed by atoms with Crippen LogP contribution in [0.3, 0.4) is 0 Å². The molecule has 3 fully saturated rings. The number of ether oxygens (including phenoxy) is 5. The Kier molecular flexibility index (Phi) is 21.9. The van der Waals surface area contributed by atoms with Crippen molar-refractivity contribution in [3.05, 3.63) is 23.3 Å². The molecule has 350 valence electrons. The third-order valence-electron chi connectivity index (χ3n) is 12.9. The minimum atomic E-state index is -2.49. The standard InChI is InChI=1S/C43H70N2O11.C2H5NO.CH4/c1-10-30-18-24(2)17-25(3)19-36(53-8)39-37(54-9)21-27(5)43(51,56-39)40(48)41(49)45-16-12-11-13-32(45)42(50)55-38(28(6)34(47)23-31(30)44)26(4)20-29-14-15-33(46)35(22-29)52-7;1-2(3)4;/h18,20,25,27-30,32-39,44,46-47,51H,10-17,19,21-23H2,1-9H3;1H3,(H2,3,4);1H4/b24-18+,26-20+,44-31?;;/t25-,27+,28+,29-,30+,32-,33+,34-,35+,36-,37-,38+,39+,43+;;/m0../s1. The van der Waals surface area contributed by atoms with Crippen LogP contribution in [0, 0.1) is 35.0 Å². The van der Waals surface area contributed by atoms with Crippen LogP contribution >= 0.6 is 0 Å². The van der Waals surface area contributed by atoms with Crippen LogP contribution in [0.5, 0.6) is 0 Å². The summed E-state index contributed by atoms with van der Waals surface area (Å²) in [5.74, 6) is -7.25. The van der Waals surface area contributed by atoms with E-state index < -0.39 is 77.9 Å². The molecule has 4 rings (SSSR count). The average Bonchev–Trinajstić information content (AvgIpc) is 3.20. The number of fused-ring (bicyclic) bond motifs is 3. The van der Waals surface area contributed by atoms with Gasteiger partial charge >= 0.3 is 5.97 Å². The van der Waals surface area contributed by atoms with Crippen LogP contribution in [-0.2, 0) is 42.9 Å². The number of nitrogens with zero attached hydrogens (tertiary/aromatic N) is 1. The van der Waals surface area contributed by atoms with Crippen molar-refractivity contribution in [1.82, 2.24) is 4.90 Å². The summed E-state index contributed by atoms with van der Waals surface area (Å²) >= 11 is 0. The second-order valence-electron chi connectivity index (χ2n) is 17.8. The zero-order valence-electron chi connectivity index (χ0n) is 37.7. The molecule has 3 heterocycles. The van der Waals surface area contributed by atoms with Gasteiger partial charge in [0.1, 0.15) is 18.2 Å². The molecule has 61 heavy (non-hydrogen) atoms. The summed E-state index contributed by atoms with van der Waals surface area (Å²) in [6, 6.07) is -1.11. The van der Waals surface area contributed by atoms with Gasteiger partial charge in [0.05, 0.1) is 30.5 Å². The first-order valence-corrected chi connectivity index (χ1v) is 21.8. The van der Waals surface area contributed by atoms with Crippen LogP contribution in [0.1, 0.15) is 127 Å². The molecular weight excluding hydrogens is 787 g/mol. The number of aliphatic hydroxyl groups is 3. The molecule has 6 N–H and O–H groups in total. The van der Waals surface area contributed by atoms with E-state index in [2.05, 4.69) is 18.7 Å². The molecule has 15 nitrogen and oxygen atoms in total. The van der Waals surface area contributed by atoms with Crippen molar-refractivity contribution in [1.29, 1.82) is 5.41 Å². The highest BCUT2D eigenvalue weighted by Gasteiger charge is 2.56. The number of primary amides is 1. The SMILES string of the molecule is C.CC(N)=O.CC[C@@H]1/C=C(\C)C[C@H](C)C[C@H](OC)[C@H]2O[C@@](O)(C(=O)C(=O)N3CCCC[C@H]3C(=O)O[C@H](/C(C)=C/[C@@H]3CC[C@@H](O)[C@H](OC)C3)[C@H](C)[C@@H](O)CC1=N)[C@H](C)C[C@@H]2OC. The highest BCUT2D eigenvalue weighted by Crippen LogP contribution is 2.39. The lowest BCUT2D eigenvalue weighted by atomic mass is 9.81. The van der Waals surface area contributed by atoms with Crippen LogP contribution in [0.25, 0.3) is 0 Å². The summed E-state index contributed by atoms with van der Waals surface area (Å²) in [5, 5.41) is 43.3. The van der Waals surface area contributed by atoms with Gasteiger partial charge < -0.3 is 55.0 Å². The Morgan fingerprint density at radius 3 is 2.15 bits per heavy atom. The fourth-order valence-corrected chi connectivity index (χ4v) is 9.44. The Labute approximate surface area is 364 Å². The quantitative estimate of drug-likeness (QED) is 0.134. The number of amides is 2. The smallest absolute Gasteiger partial charge is 0.329 e. The number of cyclic esters (lactones) is 1. The summed E-state index contributed by atoms with van der Waals surface area (Å²) in [5.41, 5.74) is 6.63. The van der Waals surface area contributed by atoms with Gasteiger partial charge in [-0.3, -0.25) is 14.4 Å². The highest BCUT2D eigenvalue weighted by molar-refractivity contribution is 6.39. The number of piperidine rings is 1. The minimum Gasteiger partial charge on any atom is -0.456 e. The van der Waals surface area contributed by atoms with Gasteiger partial charge in [0.2, 0.25) is 11.7 Å². The van der Waals surface area contributed by atoms with Gasteiger partial charge in [-0.25, -0.2) is 4.79 Å². The maximum Gasteiger partial charge on any atom is 0.329 e. The molecule has 0 aromatic heterocycles. The summed E-state index contributed by atoms with van der Waals surface area (Å²) in [4.78, 5) is 53.2. The van der Waals surface area contributed by atoms with Crippen LogP contribution < -0.4 is 5.73 Å². The molecule has 2 bridgehead atoms. The van der Waals surface area contributed by atoms with Crippen LogP contribution in [0.4, 0.5) is 0 Å². The number of nitrogens with two attached hydrogens (primary N) is 1. The first-order valence-electron chi connectivity index (χ1n) is 21.8. The Morgan fingerprint density at radius 2 is 1.56 bits per heavy atom. The fourth-order valence-electron chi connectivity index (χ4n) is 9.44. The maximum absolute atomic E-state index is 14.3. The van der Waals surface area contributed by atoms with E-state index in [1.54, 1.807) is 35.2 Å². The van der Waals surface area contributed by atoms with E-state index in [1.165, 1.54) is 11.8 Å². The lowest BCUT2D eigenvalue weighted by Crippen LogP contribution is -2.64. The first-order chi connectivity index (χ1) is 28.2. The molecule has 0 radical (unpaired) electrons. The van der Waals surface area contributed by atoms with Gasteiger partial charge in [-0.1, -0.05) is 52.8 Å². The number of carbonyl (C=O) groups is 4.